The summed E-state index contributed by atoms with van der Waals surface area (Å²) in [5.74, 6) is 2.16. The molecule has 3 aromatic rings. The van der Waals surface area contributed by atoms with E-state index in [1.165, 1.54) is 0 Å². The topological polar surface area (TPSA) is 67.9 Å². The molecule has 0 radical (unpaired) electrons. The van der Waals surface area contributed by atoms with E-state index < -0.39 is 0 Å². The highest BCUT2D eigenvalue weighted by Crippen LogP contribution is 2.25. The Morgan fingerprint density at radius 2 is 1.66 bits per heavy atom. The van der Waals surface area contributed by atoms with Gasteiger partial charge in [0, 0.05) is 30.8 Å². The van der Waals surface area contributed by atoms with Gasteiger partial charge in [-0.05, 0) is 79.6 Å². The van der Waals surface area contributed by atoms with Gasteiger partial charge in [-0.15, -0.1) is 0 Å². The molecule has 4 rings (SSSR count). The van der Waals surface area contributed by atoms with Crippen LogP contribution in [0, 0.1) is 0 Å². The number of amides is 2. The standard InChI is InChI=1S/C26H26N2O4/c1-2-31-22-12-14-24(15-13-22)32-23-10-8-21(9-11-23)27-26(30)20-6-3-5-19(17-20)18-28-16-4-7-25(28)29/h3,5-6,8-15,17H,2,4,7,16,18H2,1H3,(H,27,30). The van der Waals surface area contributed by atoms with Gasteiger partial charge in [0.2, 0.25) is 5.91 Å². The van der Waals surface area contributed by atoms with Crippen LogP contribution < -0.4 is 14.8 Å². The van der Waals surface area contributed by atoms with Crippen molar-refractivity contribution >= 4 is 17.5 Å². The van der Waals surface area contributed by atoms with Crippen LogP contribution in [0.1, 0.15) is 35.7 Å². The summed E-state index contributed by atoms with van der Waals surface area (Å²) in [5, 5.41) is 2.91. The van der Waals surface area contributed by atoms with E-state index in [1.807, 2.05) is 66.4 Å². The van der Waals surface area contributed by atoms with E-state index in [4.69, 9.17) is 9.47 Å². The lowest BCUT2D eigenvalue weighted by atomic mass is 10.1. The third kappa shape index (κ3) is 5.46. The van der Waals surface area contributed by atoms with Gasteiger partial charge in [0.15, 0.2) is 0 Å². The average Bonchev–Trinajstić information content (AvgIpc) is 3.21. The maximum Gasteiger partial charge on any atom is 0.255 e. The summed E-state index contributed by atoms with van der Waals surface area (Å²) < 4.78 is 11.3. The molecule has 0 saturated carbocycles. The molecule has 1 heterocycles. The first-order valence-corrected chi connectivity index (χ1v) is 10.8. The number of nitrogens with zero attached hydrogens (tertiary/aromatic N) is 1. The number of likely N-dealkylation sites (tertiary alicyclic amines) is 1. The van der Waals surface area contributed by atoms with E-state index in [-0.39, 0.29) is 11.8 Å². The molecule has 0 aliphatic carbocycles. The Kier molecular flexibility index (Phi) is 6.70. The predicted molar refractivity (Wildman–Crippen MR) is 123 cm³/mol. The van der Waals surface area contributed by atoms with Crippen LogP contribution in [-0.4, -0.2) is 29.9 Å². The van der Waals surface area contributed by atoms with Gasteiger partial charge in [0.05, 0.1) is 6.61 Å². The predicted octanol–water partition coefficient (Wildman–Crippen LogP) is 5.25. The number of carbonyl (C=O) groups is 2. The van der Waals surface area contributed by atoms with Gasteiger partial charge in [-0.25, -0.2) is 0 Å². The summed E-state index contributed by atoms with van der Waals surface area (Å²) in [6.07, 6.45) is 1.51. The van der Waals surface area contributed by atoms with Gasteiger partial charge in [-0.2, -0.15) is 0 Å². The monoisotopic (exact) mass is 430 g/mol. The summed E-state index contributed by atoms with van der Waals surface area (Å²) in [6.45, 7) is 3.88. The van der Waals surface area contributed by atoms with Gasteiger partial charge < -0.3 is 19.7 Å². The summed E-state index contributed by atoms with van der Waals surface area (Å²) >= 11 is 0. The van der Waals surface area contributed by atoms with Crippen LogP contribution in [0.5, 0.6) is 17.2 Å². The van der Waals surface area contributed by atoms with Gasteiger partial charge in [0.1, 0.15) is 17.2 Å². The third-order valence-corrected chi connectivity index (χ3v) is 5.22. The molecule has 32 heavy (non-hydrogen) atoms. The lowest BCUT2D eigenvalue weighted by Gasteiger charge is -2.16. The van der Waals surface area contributed by atoms with Gasteiger partial charge >= 0.3 is 0 Å². The van der Waals surface area contributed by atoms with Crippen LogP contribution in [-0.2, 0) is 11.3 Å². The van der Waals surface area contributed by atoms with Crippen LogP contribution in [0.3, 0.4) is 0 Å². The second kappa shape index (κ2) is 10.0. The van der Waals surface area contributed by atoms with Crippen molar-refractivity contribution in [2.45, 2.75) is 26.3 Å². The highest BCUT2D eigenvalue weighted by Gasteiger charge is 2.20. The maximum atomic E-state index is 12.7. The molecule has 1 saturated heterocycles. The fraction of sp³-hybridized carbons (Fsp3) is 0.231. The van der Waals surface area contributed by atoms with Crippen LogP contribution in [0.25, 0.3) is 0 Å². The van der Waals surface area contributed by atoms with E-state index in [2.05, 4.69) is 5.32 Å². The van der Waals surface area contributed by atoms with E-state index in [9.17, 15) is 9.59 Å². The highest BCUT2D eigenvalue weighted by molar-refractivity contribution is 6.04. The number of ether oxygens (including phenoxy) is 2. The number of carbonyl (C=O) groups excluding carboxylic acids is 2. The molecule has 1 aliphatic heterocycles. The molecular weight excluding hydrogens is 404 g/mol. The SMILES string of the molecule is CCOc1ccc(Oc2ccc(NC(=O)c3cccc(CN4CCCC4=O)c3)cc2)cc1. The third-order valence-electron chi connectivity index (χ3n) is 5.22. The van der Waals surface area contributed by atoms with Crippen molar-refractivity contribution in [3.63, 3.8) is 0 Å². The first-order chi connectivity index (χ1) is 15.6. The Morgan fingerprint density at radius 1 is 0.969 bits per heavy atom. The number of hydrogen-bond donors (Lipinski definition) is 1. The van der Waals surface area contributed by atoms with Crippen LogP contribution >= 0.6 is 0 Å². The fourth-order valence-electron chi connectivity index (χ4n) is 3.62. The zero-order valence-electron chi connectivity index (χ0n) is 18.0. The molecule has 0 unspecified atom stereocenters. The second-order valence-corrected chi connectivity index (χ2v) is 7.60. The smallest absolute Gasteiger partial charge is 0.255 e. The summed E-state index contributed by atoms with van der Waals surface area (Å²) in [4.78, 5) is 26.4. The fourth-order valence-corrected chi connectivity index (χ4v) is 3.62. The van der Waals surface area contributed by atoms with Crippen molar-refractivity contribution in [1.82, 2.24) is 4.90 Å². The molecule has 0 bridgehead atoms. The summed E-state index contributed by atoms with van der Waals surface area (Å²) in [7, 11) is 0. The zero-order valence-corrected chi connectivity index (χ0v) is 18.0. The molecule has 3 aromatic carbocycles. The van der Waals surface area contributed by atoms with E-state index in [0.29, 0.717) is 42.3 Å². The minimum Gasteiger partial charge on any atom is -0.494 e. The van der Waals surface area contributed by atoms with Gasteiger partial charge in [-0.3, -0.25) is 9.59 Å². The lowest BCUT2D eigenvalue weighted by Crippen LogP contribution is -2.24. The minimum atomic E-state index is -0.195. The summed E-state index contributed by atoms with van der Waals surface area (Å²) in [5.41, 5.74) is 2.19. The van der Waals surface area contributed by atoms with Crippen molar-refractivity contribution in [3.8, 4) is 17.2 Å². The Balaban J connectivity index is 1.35. The van der Waals surface area contributed by atoms with Crippen LogP contribution in [0.2, 0.25) is 0 Å². The lowest BCUT2D eigenvalue weighted by molar-refractivity contribution is -0.128. The molecule has 6 heteroatoms. The first kappa shape index (κ1) is 21.4. The molecule has 0 aromatic heterocycles. The Morgan fingerprint density at radius 3 is 2.31 bits per heavy atom. The maximum absolute atomic E-state index is 12.7. The van der Waals surface area contributed by atoms with E-state index in [0.717, 1.165) is 24.3 Å². The van der Waals surface area contributed by atoms with Crippen LogP contribution in [0.4, 0.5) is 5.69 Å². The first-order valence-electron chi connectivity index (χ1n) is 10.8. The molecule has 0 atom stereocenters. The number of rotatable bonds is 8. The highest BCUT2D eigenvalue weighted by atomic mass is 16.5. The molecule has 2 amide bonds. The number of hydrogen-bond acceptors (Lipinski definition) is 4. The Labute approximate surface area is 187 Å². The normalized spacial score (nSPS) is 13.2. The quantitative estimate of drug-likeness (QED) is 0.530. The number of nitrogens with one attached hydrogen (secondary N) is 1. The molecule has 0 spiro atoms. The molecule has 6 nitrogen and oxygen atoms in total. The van der Waals surface area contributed by atoms with Crippen molar-refractivity contribution in [3.05, 3.63) is 83.9 Å². The van der Waals surface area contributed by atoms with Crippen LogP contribution in [0.15, 0.2) is 72.8 Å². The van der Waals surface area contributed by atoms with Crippen molar-refractivity contribution in [1.29, 1.82) is 0 Å². The molecule has 1 N–H and O–H groups in total. The molecular formula is C26H26N2O4. The largest absolute Gasteiger partial charge is 0.494 e. The van der Waals surface area contributed by atoms with Gasteiger partial charge in [0.25, 0.3) is 5.91 Å². The average molecular weight is 431 g/mol. The van der Waals surface area contributed by atoms with E-state index >= 15 is 0 Å². The minimum absolute atomic E-state index is 0.174. The Hall–Kier alpha value is -3.80. The Bertz CT molecular complexity index is 1080. The summed E-state index contributed by atoms with van der Waals surface area (Å²) in [6, 6.07) is 22.0. The number of benzene rings is 3. The van der Waals surface area contributed by atoms with Crippen molar-refractivity contribution in [2.24, 2.45) is 0 Å². The zero-order chi connectivity index (χ0) is 22.3. The molecule has 164 valence electrons. The van der Waals surface area contributed by atoms with E-state index in [1.54, 1.807) is 18.2 Å². The second-order valence-electron chi connectivity index (χ2n) is 7.60. The molecule has 1 fully saturated rings. The van der Waals surface area contributed by atoms with Gasteiger partial charge in [-0.1, -0.05) is 12.1 Å². The number of anilines is 1. The van der Waals surface area contributed by atoms with Crippen molar-refractivity contribution < 1.29 is 19.1 Å². The molecule has 1 aliphatic rings. The van der Waals surface area contributed by atoms with Crippen molar-refractivity contribution in [2.75, 3.05) is 18.5 Å².